The first-order valence-electron chi connectivity index (χ1n) is 12.2. The van der Waals surface area contributed by atoms with E-state index in [4.69, 9.17) is 0 Å². The van der Waals surface area contributed by atoms with Crippen molar-refractivity contribution >= 4 is 18.5 Å². The van der Waals surface area contributed by atoms with Crippen molar-refractivity contribution in [2.24, 2.45) is 0 Å². The predicted octanol–water partition coefficient (Wildman–Crippen LogP) is 8.11. The van der Waals surface area contributed by atoms with Crippen LogP contribution in [0.5, 0.6) is 0 Å². The Labute approximate surface area is 237 Å². The summed E-state index contributed by atoms with van der Waals surface area (Å²) in [6.07, 6.45) is 8.50. The molecule has 0 aliphatic carbocycles. The molecule has 5 heteroatoms. The van der Waals surface area contributed by atoms with Gasteiger partial charge in [-0.3, -0.25) is 9.97 Å². The second-order valence-corrected chi connectivity index (χ2v) is 11.2. The Hall–Kier alpha value is -2.40. The fourth-order valence-electron chi connectivity index (χ4n) is 4.82. The molecular weight excluding hydrogens is 530 g/mol. The smallest absolute Gasteiger partial charge is 0.0454 e. The van der Waals surface area contributed by atoms with Crippen LogP contribution in [0.2, 0.25) is 0 Å². The molecule has 0 N–H and O–H groups in total. The van der Waals surface area contributed by atoms with Crippen molar-refractivity contribution in [2.45, 2.75) is 37.5 Å². The van der Waals surface area contributed by atoms with Crippen LogP contribution in [0.3, 0.4) is 0 Å². The van der Waals surface area contributed by atoms with Gasteiger partial charge in [-0.15, -0.1) is 35.2 Å². The van der Waals surface area contributed by atoms with E-state index in [0.29, 0.717) is 0 Å². The minimum atomic E-state index is -0.454. The average molecular weight is 564 g/mol. The summed E-state index contributed by atoms with van der Waals surface area (Å²) in [6.45, 7) is 6.92. The Morgan fingerprint density at radius 1 is 0.784 bits per heavy atom. The Morgan fingerprint density at radius 2 is 1.30 bits per heavy atom. The molecule has 37 heavy (non-hydrogen) atoms. The normalized spacial score (nSPS) is 11.3. The second kappa shape index (κ2) is 12.9. The zero-order valence-electron chi connectivity index (χ0n) is 21.6. The van der Waals surface area contributed by atoms with E-state index in [1.54, 1.807) is 0 Å². The van der Waals surface area contributed by atoms with Crippen molar-refractivity contribution in [2.75, 3.05) is 0 Å². The van der Waals surface area contributed by atoms with Crippen LogP contribution in [0.25, 0.3) is 11.1 Å². The average Bonchev–Trinajstić information content (AvgIpc) is 3.62. The summed E-state index contributed by atoms with van der Waals surface area (Å²) in [5.74, 6) is 0. The fourth-order valence-corrected chi connectivity index (χ4v) is 5.81. The molecule has 0 amide bonds. The van der Waals surface area contributed by atoms with E-state index in [-0.39, 0.29) is 22.5 Å². The molecule has 0 fully saturated rings. The summed E-state index contributed by atoms with van der Waals surface area (Å²) in [7, 11) is 6.11. The maximum Gasteiger partial charge on any atom is 0.0454 e. The molecule has 0 spiro atoms. The van der Waals surface area contributed by atoms with Gasteiger partial charge < -0.3 is 30.3 Å². The topological polar surface area (TPSA) is 25.8 Å². The summed E-state index contributed by atoms with van der Waals surface area (Å²) in [4.78, 5) is 8.95. The summed E-state index contributed by atoms with van der Waals surface area (Å²) in [5, 5.41) is -0.454. The largest absolute Gasteiger partial charge is 0.748 e. The van der Waals surface area contributed by atoms with Gasteiger partial charge in [0.2, 0.25) is 0 Å². The zero-order chi connectivity index (χ0) is 25.6. The summed E-state index contributed by atoms with van der Waals surface area (Å²) in [5.41, 5.74) is 8.83. The molecule has 0 saturated carbocycles. The minimum Gasteiger partial charge on any atom is -0.748 e. The van der Waals surface area contributed by atoms with E-state index in [2.05, 4.69) is 97.7 Å². The SMILES string of the molecule is CC(C)(C)[c-]1c(-c2ccccc2)cc(CP)c1C(P)(c1cccnc1)c1cccnc1.[Fe].[cH-]1[cH-][cH-][cH-][cH-]1. The predicted molar refractivity (Wildman–Crippen MR) is 160 cm³/mol. The van der Waals surface area contributed by atoms with E-state index in [9.17, 15) is 0 Å². The maximum atomic E-state index is 4.48. The summed E-state index contributed by atoms with van der Waals surface area (Å²) < 4.78 is 0. The van der Waals surface area contributed by atoms with Crippen LogP contribution < -0.4 is 0 Å². The number of rotatable bonds is 5. The maximum absolute atomic E-state index is 4.48. The Balaban J connectivity index is 0.000000568. The molecule has 0 aliphatic rings. The van der Waals surface area contributed by atoms with E-state index < -0.39 is 5.16 Å². The fraction of sp³-hybridized carbons (Fsp3) is 0.188. The number of benzene rings is 1. The molecule has 5 rings (SSSR count). The van der Waals surface area contributed by atoms with Gasteiger partial charge in [-0.1, -0.05) is 75.0 Å². The van der Waals surface area contributed by atoms with Crippen LogP contribution in [0.1, 0.15) is 48.6 Å². The molecular formula is C32H34FeN2P2-6. The van der Waals surface area contributed by atoms with Crippen LogP contribution in [-0.2, 0) is 33.8 Å². The first kappa shape index (κ1) is 29.2. The minimum absolute atomic E-state index is 0. The van der Waals surface area contributed by atoms with Gasteiger partial charge in [0.15, 0.2) is 0 Å². The van der Waals surface area contributed by atoms with Crippen LogP contribution in [-0.4, -0.2) is 9.97 Å². The first-order chi connectivity index (χ1) is 17.4. The molecule has 0 radical (unpaired) electrons. The van der Waals surface area contributed by atoms with E-state index in [0.717, 1.165) is 17.3 Å². The van der Waals surface area contributed by atoms with Gasteiger partial charge in [-0.2, -0.15) is 11.6 Å². The number of hydrogen-bond donors (Lipinski definition) is 0. The van der Waals surface area contributed by atoms with E-state index in [1.165, 1.54) is 27.8 Å². The Kier molecular flexibility index (Phi) is 10.2. The van der Waals surface area contributed by atoms with Crippen LogP contribution >= 0.6 is 18.5 Å². The van der Waals surface area contributed by atoms with E-state index >= 15 is 0 Å². The number of hydrogen-bond acceptors (Lipinski definition) is 2. The van der Waals surface area contributed by atoms with Crippen molar-refractivity contribution in [3.8, 4) is 11.1 Å². The third-order valence-corrected chi connectivity index (χ3v) is 7.79. The molecule has 0 saturated heterocycles. The van der Waals surface area contributed by atoms with Crippen LogP contribution in [0.15, 0.2) is 116 Å². The number of nitrogens with zero attached hydrogens (tertiary/aromatic N) is 2. The van der Waals surface area contributed by atoms with Gasteiger partial charge in [0.05, 0.1) is 0 Å². The van der Waals surface area contributed by atoms with Crippen molar-refractivity contribution < 1.29 is 17.1 Å². The third kappa shape index (κ3) is 6.37. The van der Waals surface area contributed by atoms with Gasteiger partial charge in [0, 0.05) is 47.0 Å². The van der Waals surface area contributed by atoms with Crippen molar-refractivity contribution in [3.05, 3.63) is 144 Å². The molecule has 2 unspecified atom stereocenters. The van der Waals surface area contributed by atoms with Gasteiger partial charge in [-0.25, -0.2) is 0 Å². The number of aromatic nitrogens is 2. The molecule has 0 bridgehead atoms. The van der Waals surface area contributed by atoms with Crippen LogP contribution in [0, 0.1) is 0 Å². The van der Waals surface area contributed by atoms with E-state index in [1.807, 2.05) is 67.3 Å². The Morgan fingerprint density at radius 3 is 1.70 bits per heavy atom. The van der Waals surface area contributed by atoms with Crippen LogP contribution in [0.4, 0.5) is 0 Å². The standard InChI is InChI=1S/C27H29N2P2.C5H5.Fe/c1-26(2,3)25-23(19-9-5-4-6-10-19)15-20(18-30)24(25)27(31,21-11-7-13-28-16-21)22-12-8-14-29-17-22;1-2-4-5-3-1;/h4-17H,18,30-31H2,1-3H3;1-5H;/q-1;-5;. The van der Waals surface area contributed by atoms with Gasteiger partial charge >= 0.3 is 0 Å². The zero-order valence-corrected chi connectivity index (χ0v) is 25.0. The van der Waals surface area contributed by atoms with Gasteiger partial charge in [-0.05, 0) is 28.7 Å². The molecule has 2 aromatic heterocycles. The molecule has 196 valence electrons. The molecule has 0 aliphatic heterocycles. The monoisotopic (exact) mass is 564 g/mol. The van der Waals surface area contributed by atoms with Crippen molar-refractivity contribution in [1.29, 1.82) is 0 Å². The number of pyridine rings is 2. The van der Waals surface area contributed by atoms with Gasteiger partial charge in [0.1, 0.15) is 0 Å². The third-order valence-electron chi connectivity index (χ3n) is 6.40. The molecule has 3 aromatic carbocycles. The first-order valence-corrected chi connectivity index (χ1v) is 13.6. The van der Waals surface area contributed by atoms with Crippen molar-refractivity contribution in [3.63, 3.8) is 0 Å². The molecule has 2 nitrogen and oxygen atoms in total. The summed E-state index contributed by atoms with van der Waals surface area (Å²) in [6, 6.07) is 31.5. The van der Waals surface area contributed by atoms with Gasteiger partial charge in [0.25, 0.3) is 0 Å². The molecule has 2 heterocycles. The molecule has 5 aromatic rings. The quantitative estimate of drug-likeness (QED) is 0.123. The molecule has 2 atom stereocenters. The Bertz CT molecular complexity index is 1280. The summed E-state index contributed by atoms with van der Waals surface area (Å²) >= 11 is 0. The second-order valence-electron chi connectivity index (χ2n) is 9.91. The van der Waals surface area contributed by atoms with Crippen molar-refractivity contribution in [1.82, 2.24) is 9.97 Å².